The monoisotopic (exact) mass is 515 g/mol. The van der Waals surface area contributed by atoms with Gasteiger partial charge in [-0.1, -0.05) is 29.8 Å². The molecule has 1 atom stereocenters. The zero-order chi connectivity index (χ0) is 25.3. The fourth-order valence-corrected chi connectivity index (χ4v) is 5.39. The second-order valence-electron chi connectivity index (χ2n) is 9.17. The third-order valence-electron chi connectivity index (χ3n) is 7.09. The molecule has 3 saturated heterocycles. The summed E-state index contributed by atoms with van der Waals surface area (Å²) in [6.45, 7) is 2.40. The van der Waals surface area contributed by atoms with E-state index in [1.165, 1.54) is 29.2 Å². The Hall–Kier alpha value is -3.01. The summed E-state index contributed by atoms with van der Waals surface area (Å²) >= 11 is 6.23. The summed E-state index contributed by atoms with van der Waals surface area (Å²) < 4.78 is 25.6. The van der Waals surface area contributed by atoms with Gasteiger partial charge in [0.25, 0.3) is 11.8 Å². The van der Waals surface area contributed by atoms with Gasteiger partial charge in [-0.15, -0.1) is 0 Å². The molecule has 1 spiro atoms. The van der Waals surface area contributed by atoms with Crippen molar-refractivity contribution in [2.75, 3.05) is 46.0 Å². The van der Waals surface area contributed by atoms with Gasteiger partial charge in [0.1, 0.15) is 17.6 Å². The van der Waals surface area contributed by atoms with E-state index >= 15 is 0 Å². The van der Waals surface area contributed by atoms with Crippen molar-refractivity contribution in [2.45, 2.75) is 24.6 Å². The average Bonchev–Trinajstić information content (AvgIpc) is 3.27. The molecule has 5 rings (SSSR count). The van der Waals surface area contributed by atoms with Crippen molar-refractivity contribution in [2.24, 2.45) is 0 Å². The van der Waals surface area contributed by atoms with E-state index in [4.69, 9.17) is 21.1 Å². The largest absolute Gasteiger partial charge is 0.378 e. The second kappa shape index (κ2) is 10.2. The van der Waals surface area contributed by atoms with Gasteiger partial charge < -0.3 is 19.3 Å². The van der Waals surface area contributed by atoms with Gasteiger partial charge in [0.15, 0.2) is 0 Å². The van der Waals surface area contributed by atoms with Crippen molar-refractivity contribution in [1.82, 2.24) is 14.7 Å². The van der Waals surface area contributed by atoms with E-state index in [2.05, 4.69) is 0 Å². The van der Waals surface area contributed by atoms with E-state index in [-0.39, 0.29) is 24.0 Å². The summed E-state index contributed by atoms with van der Waals surface area (Å²) in [6, 6.07) is 11.5. The van der Waals surface area contributed by atoms with Crippen LogP contribution >= 0.6 is 11.6 Å². The molecule has 0 saturated carbocycles. The first kappa shape index (κ1) is 24.7. The highest BCUT2D eigenvalue weighted by atomic mass is 35.5. The molecule has 0 aromatic heterocycles. The highest BCUT2D eigenvalue weighted by molar-refractivity contribution is 6.33. The molecular formula is C26H27ClFN3O5. The standard InChI is InChI=1S/C26H27ClFN3O5/c27-21-7-2-1-6-20(21)24(33)29-10-8-26(9-11-29)31(23(32)18-4-3-5-19(28)16-18)22(17-36-26)25(34)30-12-14-35-15-13-30/h1-7,16,22H,8-15,17H2/t22-/m1/s1. The summed E-state index contributed by atoms with van der Waals surface area (Å²) in [7, 11) is 0. The third kappa shape index (κ3) is 4.58. The molecule has 3 heterocycles. The van der Waals surface area contributed by atoms with E-state index in [0.717, 1.165) is 0 Å². The zero-order valence-corrected chi connectivity index (χ0v) is 20.5. The SMILES string of the molecule is O=C(c1ccccc1Cl)N1CCC2(CC1)OC[C@H](C(=O)N1CCOCC1)N2C(=O)c1cccc(F)c1. The number of halogens is 2. The Kier molecular flexibility index (Phi) is 6.96. The fourth-order valence-electron chi connectivity index (χ4n) is 5.17. The van der Waals surface area contributed by atoms with Gasteiger partial charge in [0.05, 0.1) is 30.4 Å². The molecule has 0 unspecified atom stereocenters. The van der Waals surface area contributed by atoms with Crippen LogP contribution in [0, 0.1) is 5.82 Å². The maximum absolute atomic E-state index is 14.0. The highest BCUT2D eigenvalue weighted by Gasteiger charge is 2.55. The van der Waals surface area contributed by atoms with E-state index in [0.29, 0.717) is 62.8 Å². The number of hydrogen-bond acceptors (Lipinski definition) is 5. The van der Waals surface area contributed by atoms with Crippen LogP contribution in [0.3, 0.4) is 0 Å². The van der Waals surface area contributed by atoms with Gasteiger partial charge in [0.2, 0.25) is 5.91 Å². The molecule has 0 radical (unpaired) electrons. The Morgan fingerprint density at radius 2 is 1.64 bits per heavy atom. The van der Waals surface area contributed by atoms with Crippen LogP contribution in [0.25, 0.3) is 0 Å². The summed E-state index contributed by atoms with van der Waals surface area (Å²) in [5.74, 6) is -1.41. The van der Waals surface area contributed by atoms with Crippen LogP contribution < -0.4 is 0 Å². The van der Waals surface area contributed by atoms with Crippen molar-refractivity contribution in [3.8, 4) is 0 Å². The van der Waals surface area contributed by atoms with E-state index in [9.17, 15) is 18.8 Å². The number of morpholine rings is 1. The Balaban J connectivity index is 1.40. The molecule has 2 aromatic rings. The number of piperidine rings is 1. The topological polar surface area (TPSA) is 79.4 Å². The van der Waals surface area contributed by atoms with E-state index < -0.39 is 23.5 Å². The number of nitrogens with zero attached hydrogens (tertiary/aromatic N) is 3. The maximum atomic E-state index is 14.0. The van der Waals surface area contributed by atoms with Gasteiger partial charge in [-0.2, -0.15) is 0 Å². The molecule has 0 N–H and O–H groups in total. The van der Waals surface area contributed by atoms with Crippen molar-refractivity contribution >= 4 is 29.3 Å². The molecule has 0 bridgehead atoms. The van der Waals surface area contributed by atoms with Gasteiger partial charge in [-0.3, -0.25) is 19.3 Å². The van der Waals surface area contributed by atoms with Crippen LogP contribution in [0.2, 0.25) is 5.02 Å². The van der Waals surface area contributed by atoms with Crippen LogP contribution in [0.4, 0.5) is 4.39 Å². The smallest absolute Gasteiger partial charge is 0.256 e. The number of hydrogen-bond donors (Lipinski definition) is 0. The van der Waals surface area contributed by atoms with Crippen LogP contribution in [0.15, 0.2) is 48.5 Å². The zero-order valence-electron chi connectivity index (χ0n) is 19.7. The third-order valence-corrected chi connectivity index (χ3v) is 7.42. The minimum absolute atomic E-state index is 0.0374. The lowest BCUT2D eigenvalue weighted by molar-refractivity contribution is -0.141. The van der Waals surface area contributed by atoms with Gasteiger partial charge in [-0.25, -0.2) is 4.39 Å². The molecule has 10 heteroatoms. The normalized spacial score (nSPS) is 21.6. The average molecular weight is 516 g/mol. The Morgan fingerprint density at radius 3 is 2.33 bits per heavy atom. The molecule has 3 aliphatic rings. The highest BCUT2D eigenvalue weighted by Crippen LogP contribution is 2.39. The first-order valence-electron chi connectivity index (χ1n) is 12.0. The van der Waals surface area contributed by atoms with Gasteiger partial charge in [-0.05, 0) is 30.3 Å². The predicted molar refractivity (Wildman–Crippen MR) is 129 cm³/mol. The molecule has 3 aliphatic heterocycles. The molecular weight excluding hydrogens is 489 g/mol. The quantitative estimate of drug-likeness (QED) is 0.628. The van der Waals surface area contributed by atoms with Crippen molar-refractivity contribution in [1.29, 1.82) is 0 Å². The van der Waals surface area contributed by atoms with Crippen molar-refractivity contribution < 1.29 is 28.2 Å². The van der Waals surface area contributed by atoms with Crippen molar-refractivity contribution in [3.63, 3.8) is 0 Å². The first-order valence-corrected chi connectivity index (χ1v) is 12.4. The Morgan fingerprint density at radius 1 is 0.917 bits per heavy atom. The lowest BCUT2D eigenvalue weighted by Crippen LogP contribution is -2.60. The lowest BCUT2D eigenvalue weighted by atomic mass is 9.96. The van der Waals surface area contributed by atoms with Gasteiger partial charge >= 0.3 is 0 Å². The number of amides is 3. The molecule has 3 fully saturated rings. The minimum Gasteiger partial charge on any atom is -0.378 e. The van der Waals surface area contributed by atoms with E-state index in [1.807, 2.05) is 0 Å². The fraction of sp³-hybridized carbons (Fsp3) is 0.423. The van der Waals surface area contributed by atoms with Crippen molar-refractivity contribution in [3.05, 3.63) is 70.5 Å². The molecule has 8 nitrogen and oxygen atoms in total. The predicted octanol–water partition coefficient (Wildman–Crippen LogP) is 2.81. The number of carbonyl (C=O) groups is 3. The van der Waals surface area contributed by atoms with Gasteiger partial charge in [0, 0.05) is 44.6 Å². The summed E-state index contributed by atoms with van der Waals surface area (Å²) in [5, 5.41) is 0.374. The Bertz CT molecular complexity index is 1160. The van der Waals surface area contributed by atoms with Crippen LogP contribution in [0.5, 0.6) is 0 Å². The number of ether oxygens (including phenoxy) is 2. The first-order chi connectivity index (χ1) is 17.4. The molecule has 36 heavy (non-hydrogen) atoms. The minimum atomic E-state index is -1.08. The molecule has 3 amide bonds. The number of benzene rings is 2. The van der Waals surface area contributed by atoms with Crippen LogP contribution in [-0.2, 0) is 14.3 Å². The molecule has 2 aromatic carbocycles. The number of carbonyl (C=O) groups excluding carboxylic acids is 3. The number of likely N-dealkylation sites (tertiary alicyclic amines) is 1. The summed E-state index contributed by atoms with van der Waals surface area (Å²) in [6.07, 6.45) is 0.633. The summed E-state index contributed by atoms with van der Waals surface area (Å²) in [4.78, 5) is 45.1. The second-order valence-corrected chi connectivity index (χ2v) is 9.58. The Labute approximate surface area is 213 Å². The summed E-state index contributed by atoms with van der Waals surface area (Å²) in [5.41, 5.74) is -0.516. The van der Waals surface area contributed by atoms with E-state index in [1.54, 1.807) is 34.1 Å². The lowest BCUT2D eigenvalue weighted by Gasteiger charge is -2.45. The molecule has 0 aliphatic carbocycles. The maximum Gasteiger partial charge on any atom is 0.256 e. The van der Waals surface area contributed by atoms with Crippen LogP contribution in [0.1, 0.15) is 33.6 Å². The van der Waals surface area contributed by atoms with Crippen LogP contribution in [-0.4, -0.2) is 90.2 Å². The number of rotatable bonds is 3. The molecule has 190 valence electrons.